The van der Waals surface area contributed by atoms with Gasteiger partial charge in [0.2, 0.25) is 0 Å². The van der Waals surface area contributed by atoms with E-state index in [4.69, 9.17) is 5.11 Å². The van der Waals surface area contributed by atoms with Crippen molar-refractivity contribution in [3.63, 3.8) is 0 Å². The molecule has 0 bridgehead atoms. The lowest BCUT2D eigenvalue weighted by Crippen LogP contribution is -1.96. The van der Waals surface area contributed by atoms with E-state index < -0.39 is 10.9 Å². The number of pyridine rings is 1. The van der Waals surface area contributed by atoms with Crippen LogP contribution < -0.4 is 0 Å². The van der Waals surface area contributed by atoms with E-state index in [1.54, 1.807) is 19.1 Å². The van der Waals surface area contributed by atoms with Crippen LogP contribution in [0.5, 0.6) is 0 Å². The third kappa shape index (κ3) is 3.59. The molecule has 0 saturated carbocycles. The summed E-state index contributed by atoms with van der Waals surface area (Å²) in [7, 11) is 0. The molecule has 1 aromatic heterocycles. The number of carboxylic acids is 1. The molecule has 0 unspecified atom stereocenters. The van der Waals surface area contributed by atoms with Gasteiger partial charge in [-0.25, -0.2) is 9.78 Å². The first-order chi connectivity index (χ1) is 9.88. The number of hydrogen-bond acceptors (Lipinski definition) is 5. The minimum Gasteiger partial charge on any atom is -0.478 e. The molecule has 0 aliphatic rings. The second-order valence-corrected chi connectivity index (χ2v) is 6.04. The number of nitrogens with zero attached hydrogens (tertiary/aromatic N) is 2. The van der Waals surface area contributed by atoms with Crippen LogP contribution in [0, 0.1) is 17.0 Å². The number of carboxylic acid groups (broad SMARTS) is 1. The van der Waals surface area contributed by atoms with Crippen molar-refractivity contribution in [1.82, 2.24) is 4.98 Å². The zero-order valence-electron chi connectivity index (χ0n) is 10.7. The summed E-state index contributed by atoms with van der Waals surface area (Å²) in [6.45, 7) is 1.66. The highest BCUT2D eigenvalue weighted by Gasteiger charge is 2.15. The molecule has 0 atom stereocenters. The predicted octanol–water partition coefficient (Wildman–Crippen LogP) is 3.91. The van der Waals surface area contributed by atoms with Crippen LogP contribution in [0.4, 0.5) is 5.69 Å². The Kier molecular flexibility index (Phi) is 4.59. The Hall–Kier alpha value is -1.93. The molecule has 1 aromatic carbocycles. The van der Waals surface area contributed by atoms with E-state index in [-0.39, 0.29) is 11.3 Å². The second-order valence-electron chi connectivity index (χ2n) is 4.12. The van der Waals surface area contributed by atoms with Crippen molar-refractivity contribution in [2.75, 3.05) is 0 Å². The molecular weight excluding hydrogens is 360 g/mol. The van der Waals surface area contributed by atoms with E-state index in [1.807, 2.05) is 0 Å². The fourth-order valence-electron chi connectivity index (χ4n) is 1.60. The second kappa shape index (κ2) is 6.23. The van der Waals surface area contributed by atoms with Crippen LogP contribution >= 0.6 is 27.7 Å². The first kappa shape index (κ1) is 15.5. The van der Waals surface area contributed by atoms with Crippen LogP contribution in [-0.2, 0) is 0 Å². The smallest absolute Gasteiger partial charge is 0.337 e. The van der Waals surface area contributed by atoms with E-state index in [1.165, 1.54) is 30.1 Å². The van der Waals surface area contributed by atoms with Gasteiger partial charge in [0, 0.05) is 27.2 Å². The zero-order chi connectivity index (χ0) is 15.6. The highest BCUT2D eigenvalue weighted by Crippen LogP contribution is 2.36. The molecule has 0 radical (unpaired) electrons. The van der Waals surface area contributed by atoms with E-state index in [0.717, 1.165) is 4.90 Å². The highest BCUT2D eigenvalue weighted by molar-refractivity contribution is 9.10. The lowest BCUT2D eigenvalue weighted by molar-refractivity contribution is -0.385. The molecule has 21 heavy (non-hydrogen) atoms. The maximum absolute atomic E-state index is 10.9. The Morgan fingerprint density at radius 1 is 1.43 bits per heavy atom. The summed E-state index contributed by atoms with van der Waals surface area (Å²) < 4.78 is 0.592. The van der Waals surface area contributed by atoms with Crippen LogP contribution in [-0.4, -0.2) is 21.0 Å². The van der Waals surface area contributed by atoms with Crippen LogP contribution in [0.15, 0.2) is 44.9 Å². The lowest BCUT2D eigenvalue weighted by atomic mass is 10.2. The number of aromatic nitrogens is 1. The van der Waals surface area contributed by atoms with Gasteiger partial charge in [-0.2, -0.15) is 0 Å². The van der Waals surface area contributed by atoms with Gasteiger partial charge >= 0.3 is 5.97 Å². The standard InChI is InChI=1S/C13H9BrN2O4S/c1-7-4-11(9(14)5-10(7)16(19)20)21-12-3-2-8(6-15-12)13(17)18/h2-6H,1H3,(H,17,18). The number of aryl methyl sites for hydroxylation is 1. The van der Waals surface area contributed by atoms with Crippen molar-refractivity contribution >= 4 is 39.3 Å². The summed E-state index contributed by atoms with van der Waals surface area (Å²) in [5.41, 5.74) is 0.701. The Labute approximate surface area is 132 Å². The molecule has 0 aliphatic heterocycles. The van der Waals surface area contributed by atoms with Crippen molar-refractivity contribution in [3.05, 3.63) is 56.2 Å². The van der Waals surface area contributed by atoms with Gasteiger partial charge in [-0.15, -0.1) is 0 Å². The number of nitro groups is 1. The fourth-order valence-corrected chi connectivity index (χ4v) is 3.03. The minimum absolute atomic E-state index is 0.0420. The number of benzene rings is 1. The maximum atomic E-state index is 10.9. The molecule has 108 valence electrons. The van der Waals surface area contributed by atoms with E-state index in [9.17, 15) is 14.9 Å². The third-order valence-corrected chi connectivity index (χ3v) is 4.57. The Morgan fingerprint density at radius 2 is 2.14 bits per heavy atom. The topological polar surface area (TPSA) is 93.3 Å². The van der Waals surface area contributed by atoms with Crippen LogP contribution in [0.25, 0.3) is 0 Å². The van der Waals surface area contributed by atoms with Crippen molar-refractivity contribution in [3.8, 4) is 0 Å². The molecule has 0 spiro atoms. The Bertz CT molecular complexity index is 719. The average Bonchev–Trinajstić information content (AvgIpc) is 2.42. The molecule has 2 rings (SSSR count). The van der Waals surface area contributed by atoms with Crippen molar-refractivity contribution in [1.29, 1.82) is 0 Å². The fraction of sp³-hybridized carbons (Fsp3) is 0.0769. The molecule has 0 amide bonds. The summed E-state index contributed by atoms with van der Waals surface area (Å²) in [6, 6.07) is 6.20. The summed E-state index contributed by atoms with van der Waals surface area (Å²) in [6.07, 6.45) is 1.27. The van der Waals surface area contributed by atoms with Crippen molar-refractivity contribution < 1.29 is 14.8 Å². The van der Waals surface area contributed by atoms with Gasteiger partial charge in [0.1, 0.15) is 5.03 Å². The number of hydrogen-bond donors (Lipinski definition) is 1. The molecule has 6 nitrogen and oxygen atoms in total. The monoisotopic (exact) mass is 368 g/mol. The largest absolute Gasteiger partial charge is 0.478 e. The van der Waals surface area contributed by atoms with E-state index >= 15 is 0 Å². The number of rotatable bonds is 4. The van der Waals surface area contributed by atoms with Crippen LogP contribution in [0.3, 0.4) is 0 Å². The zero-order valence-corrected chi connectivity index (χ0v) is 13.1. The molecule has 0 aliphatic carbocycles. The Balaban J connectivity index is 2.29. The van der Waals surface area contributed by atoms with Gasteiger partial charge in [-0.1, -0.05) is 11.8 Å². The molecule has 0 saturated heterocycles. The van der Waals surface area contributed by atoms with Crippen molar-refractivity contribution in [2.24, 2.45) is 0 Å². The number of aromatic carboxylic acids is 1. The van der Waals surface area contributed by atoms with Gasteiger partial charge < -0.3 is 5.11 Å². The van der Waals surface area contributed by atoms with Gasteiger partial charge in [-0.05, 0) is 41.1 Å². The third-order valence-electron chi connectivity index (χ3n) is 2.64. The lowest BCUT2D eigenvalue weighted by Gasteiger charge is -2.06. The van der Waals surface area contributed by atoms with Crippen LogP contribution in [0.2, 0.25) is 0 Å². The molecule has 0 fully saturated rings. The quantitative estimate of drug-likeness (QED) is 0.649. The summed E-state index contributed by atoms with van der Waals surface area (Å²) >= 11 is 4.59. The Morgan fingerprint density at radius 3 is 2.67 bits per heavy atom. The molecule has 2 aromatic rings. The van der Waals surface area contributed by atoms with E-state index in [2.05, 4.69) is 20.9 Å². The number of carbonyl (C=O) groups is 1. The number of halogens is 1. The molecular formula is C13H9BrN2O4S. The molecule has 8 heteroatoms. The normalized spacial score (nSPS) is 10.4. The van der Waals surface area contributed by atoms with E-state index in [0.29, 0.717) is 15.1 Å². The first-order valence-corrected chi connectivity index (χ1v) is 7.31. The van der Waals surface area contributed by atoms with Crippen LogP contribution in [0.1, 0.15) is 15.9 Å². The van der Waals surface area contributed by atoms with Gasteiger partial charge in [0.25, 0.3) is 5.69 Å². The summed E-state index contributed by atoms with van der Waals surface area (Å²) in [5, 5.41) is 20.3. The highest BCUT2D eigenvalue weighted by atomic mass is 79.9. The van der Waals surface area contributed by atoms with Gasteiger partial charge in [0.05, 0.1) is 10.5 Å². The summed E-state index contributed by atoms with van der Waals surface area (Å²) in [4.78, 5) is 26.0. The predicted molar refractivity (Wildman–Crippen MR) is 80.9 cm³/mol. The maximum Gasteiger partial charge on any atom is 0.337 e. The minimum atomic E-state index is -1.04. The summed E-state index contributed by atoms with van der Waals surface area (Å²) in [5.74, 6) is -1.04. The van der Waals surface area contributed by atoms with Crippen molar-refractivity contribution in [2.45, 2.75) is 16.8 Å². The van der Waals surface area contributed by atoms with Gasteiger partial charge in [-0.3, -0.25) is 10.1 Å². The average molecular weight is 369 g/mol. The van der Waals surface area contributed by atoms with Gasteiger partial charge in [0.15, 0.2) is 0 Å². The SMILES string of the molecule is Cc1cc(Sc2ccc(C(=O)O)cn2)c(Br)cc1[N+](=O)[O-]. The number of nitro benzene ring substituents is 1. The first-order valence-electron chi connectivity index (χ1n) is 5.70. The molecule has 1 N–H and O–H groups in total. The molecule has 1 heterocycles.